The Kier molecular flexibility index (Phi) is 7.10. The molecule has 1 heterocycles. The molecule has 0 aromatic heterocycles. The average molecular weight is 484 g/mol. The van der Waals surface area contributed by atoms with Crippen molar-refractivity contribution in [2.75, 3.05) is 0 Å². The number of aliphatic carboxylic acids is 1. The number of hydroxylamine groups is 1. The summed E-state index contributed by atoms with van der Waals surface area (Å²) in [6.45, 7) is 5.17. The van der Waals surface area contributed by atoms with Crippen molar-refractivity contribution in [1.29, 1.82) is 0 Å². The lowest BCUT2D eigenvalue weighted by atomic mass is 9.84. The van der Waals surface area contributed by atoms with Crippen LogP contribution in [0, 0.1) is 5.41 Å². The highest BCUT2D eigenvalue weighted by Crippen LogP contribution is 2.50. The number of alkyl halides is 6. The summed E-state index contributed by atoms with van der Waals surface area (Å²) in [6, 6.07) is 1.97. The molecule has 0 saturated heterocycles. The molecule has 2 atom stereocenters. The number of hydrogen-bond acceptors (Lipinski definition) is 5. The molecule has 1 aliphatic rings. The second-order valence-corrected chi connectivity index (χ2v) is 8.53. The number of amides is 1. The highest BCUT2D eigenvalue weighted by Gasteiger charge is 2.71. The summed E-state index contributed by atoms with van der Waals surface area (Å²) in [5.41, 5.74) is -4.57. The Balaban J connectivity index is 2.23. The predicted octanol–water partition coefficient (Wildman–Crippen LogP) is 3.25. The van der Waals surface area contributed by atoms with Crippen LogP contribution in [0.25, 0.3) is 5.70 Å². The molecule has 13 heteroatoms. The molecule has 0 radical (unpaired) electrons. The maximum atomic E-state index is 13.0. The van der Waals surface area contributed by atoms with Gasteiger partial charge in [-0.2, -0.15) is 26.3 Å². The van der Waals surface area contributed by atoms with Gasteiger partial charge < -0.3 is 15.5 Å². The largest absolute Gasteiger partial charge is 0.481 e. The van der Waals surface area contributed by atoms with Crippen LogP contribution in [0.2, 0.25) is 0 Å². The number of carboxylic acid groups (broad SMARTS) is 1. The molecule has 1 amide bonds. The minimum Gasteiger partial charge on any atom is -0.481 e. The first-order valence-corrected chi connectivity index (χ1v) is 9.50. The van der Waals surface area contributed by atoms with E-state index in [9.17, 15) is 41.0 Å². The fraction of sp³-hybridized carbons (Fsp3) is 0.500. The summed E-state index contributed by atoms with van der Waals surface area (Å²) < 4.78 is 78.0. The van der Waals surface area contributed by atoms with Crippen molar-refractivity contribution in [2.24, 2.45) is 5.41 Å². The van der Waals surface area contributed by atoms with Crippen LogP contribution in [-0.4, -0.2) is 46.6 Å². The van der Waals surface area contributed by atoms with Crippen LogP contribution in [0.1, 0.15) is 38.3 Å². The molecule has 0 aliphatic carbocycles. The van der Waals surface area contributed by atoms with Gasteiger partial charge in [-0.15, -0.1) is 0 Å². The highest BCUT2D eigenvalue weighted by molar-refractivity contribution is 5.86. The van der Waals surface area contributed by atoms with Gasteiger partial charge in [0, 0.05) is 11.6 Å². The maximum Gasteiger partial charge on any atom is 0.430 e. The van der Waals surface area contributed by atoms with Gasteiger partial charge in [0.1, 0.15) is 0 Å². The van der Waals surface area contributed by atoms with E-state index in [0.29, 0.717) is 12.1 Å². The minimum absolute atomic E-state index is 0.0785. The number of nitrogens with one attached hydrogen (secondary N) is 2. The number of carboxylic acids is 1. The van der Waals surface area contributed by atoms with Crippen molar-refractivity contribution in [2.45, 2.75) is 57.3 Å². The van der Waals surface area contributed by atoms with E-state index in [1.165, 1.54) is 6.08 Å². The average Bonchev–Trinajstić information content (AvgIpc) is 3.14. The zero-order valence-corrected chi connectivity index (χ0v) is 17.6. The number of benzene rings is 1. The van der Waals surface area contributed by atoms with E-state index in [2.05, 4.69) is 10.8 Å². The number of carbonyl (C=O) groups excluding carboxylic acids is 1. The Hall–Kier alpha value is -2.80. The van der Waals surface area contributed by atoms with Gasteiger partial charge in [0.25, 0.3) is 11.5 Å². The Morgan fingerprint density at radius 1 is 1.06 bits per heavy atom. The molecule has 7 nitrogen and oxygen atoms in total. The number of carbonyl (C=O) groups is 2. The van der Waals surface area contributed by atoms with Crippen LogP contribution in [0.5, 0.6) is 0 Å². The quantitative estimate of drug-likeness (QED) is 0.462. The van der Waals surface area contributed by atoms with Crippen molar-refractivity contribution in [3.05, 3.63) is 41.5 Å². The smallest absolute Gasteiger partial charge is 0.430 e. The van der Waals surface area contributed by atoms with Crippen LogP contribution in [0.3, 0.4) is 0 Å². The van der Waals surface area contributed by atoms with Gasteiger partial charge in [0.2, 0.25) is 0 Å². The topological polar surface area (TPSA) is 108 Å². The second-order valence-electron chi connectivity index (χ2n) is 8.53. The van der Waals surface area contributed by atoms with E-state index >= 15 is 0 Å². The van der Waals surface area contributed by atoms with Crippen molar-refractivity contribution < 1.29 is 51.0 Å². The highest BCUT2D eigenvalue weighted by atomic mass is 19.4. The van der Waals surface area contributed by atoms with Crippen LogP contribution in [0.15, 0.2) is 30.3 Å². The molecule has 0 fully saturated rings. The number of halogens is 6. The number of aliphatic hydroxyl groups is 1. The molecule has 2 unspecified atom stereocenters. The van der Waals surface area contributed by atoms with Crippen molar-refractivity contribution in [3.8, 4) is 0 Å². The second kappa shape index (κ2) is 8.86. The molecular formula is C20H22F6N2O5. The van der Waals surface area contributed by atoms with Crippen LogP contribution < -0.4 is 10.8 Å². The standard InChI is InChI=1S/C20H22F6N2O5/c1-17(2,3)14(9-15(29)30)27-16(31)13-8-12(28-33-13)10-4-6-11(7-5-10)18(32,19(21,22)23)20(24,25)26/h4-8,13-14,28,32H,9H2,1-3H3,(H,27,31)(H,29,30). The first-order valence-electron chi connectivity index (χ1n) is 9.50. The van der Waals surface area contributed by atoms with Gasteiger partial charge in [-0.1, -0.05) is 45.0 Å². The summed E-state index contributed by atoms with van der Waals surface area (Å²) in [5.74, 6) is -1.83. The summed E-state index contributed by atoms with van der Waals surface area (Å²) in [4.78, 5) is 28.6. The Labute approximate surface area is 184 Å². The van der Waals surface area contributed by atoms with Gasteiger partial charge in [0.15, 0.2) is 6.10 Å². The van der Waals surface area contributed by atoms with Crippen LogP contribution in [0.4, 0.5) is 26.3 Å². The van der Waals surface area contributed by atoms with Gasteiger partial charge in [0.05, 0.1) is 12.1 Å². The molecule has 4 N–H and O–H groups in total. The molecule has 1 aliphatic heterocycles. The Bertz CT molecular complexity index is 905. The zero-order chi connectivity index (χ0) is 25.4. The first-order chi connectivity index (χ1) is 14.9. The van der Waals surface area contributed by atoms with E-state index in [-0.39, 0.29) is 17.7 Å². The monoisotopic (exact) mass is 484 g/mol. The Morgan fingerprint density at radius 2 is 1.58 bits per heavy atom. The molecule has 0 bridgehead atoms. The lowest BCUT2D eigenvalue weighted by molar-refractivity contribution is -0.376. The summed E-state index contributed by atoms with van der Waals surface area (Å²) in [7, 11) is 0. The molecule has 1 aromatic carbocycles. The SMILES string of the molecule is CC(C)(C)C(CC(=O)O)NC(=O)C1C=C(c2ccc(C(O)(C(F)(F)F)C(F)(F)F)cc2)NO1. The van der Waals surface area contributed by atoms with E-state index in [0.717, 1.165) is 12.1 Å². The summed E-state index contributed by atoms with van der Waals surface area (Å²) in [6.07, 6.45) is -12.4. The third-order valence-electron chi connectivity index (χ3n) is 5.05. The molecule has 0 saturated carbocycles. The third-order valence-corrected chi connectivity index (χ3v) is 5.05. The molecule has 33 heavy (non-hydrogen) atoms. The third kappa shape index (κ3) is 5.58. The fourth-order valence-electron chi connectivity index (χ4n) is 3.01. The van der Waals surface area contributed by atoms with E-state index in [1.807, 2.05) is 0 Å². The lowest BCUT2D eigenvalue weighted by Crippen LogP contribution is -2.53. The normalized spacial score (nSPS) is 18.4. The summed E-state index contributed by atoms with van der Waals surface area (Å²) >= 11 is 0. The molecular weight excluding hydrogens is 462 g/mol. The Morgan fingerprint density at radius 3 is 2.00 bits per heavy atom. The van der Waals surface area contributed by atoms with Crippen molar-refractivity contribution in [1.82, 2.24) is 10.8 Å². The van der Waals surface area contributed by atoms with E-state index in [1.54, 1.807) is 20.8 Å². The fourth-order valence-corrected chi connectivity index (χ4v) is 3.01. The number of hydrogen-bond donors (Lipinski definition) is 4. The molecule has 0 spiro atoms. The maximum absolute atomic E-state index is 13.0. The zero-order valence-electron chi connectivity index (χ0n) is 17.6. The van der Waals surface area contributed by atoms with E-state index in [4.69, 9.17) is 9.94 Å². The van der Waals surface area contributed by atoms with Crippen LogP contribution >= 0.6 is 0 Å². The number of rotatable bonds is 6. The van der Waals surface area contributed by atoms with Crippen molar-refractivity contribution >= 4 is 17.6 Å². The minimum atomic E-state index is -6.01. The van der Waals surface area contributed by atoms with Gasteiger partial charge in [-0.25, -0.2) is 0 Å². The lowest BCUT2D eigenvalue weighted by Gasteiger charge is -2.32. The van der Waals surface area contributed by atoms with Gasteiger partial charge in [-0.05, 0) is 17.1 Å². The van der Waals surface area contributed by atoms with E-state index < -0.39 is 53.0 Å². The summed E-state index contributed by atoms with van der Waals surface area (Å²) in [5, 5.41) is 21.0. The molecule has 1 aromatic rings. The van der Waals surface area contributed by atoms with Crippen LogP contribution in [-0.2, 0) is 20.0 Å². The molecule has 2 rings (SSSR count). The van der Waals surface area contributed by atoms with Gasteiger partial charge >= 0.3 is 18.3 Å². The van der Waals surface area contributed by atoms with Gasteiger partial charge in [-0.3, -0.25) is 19.9 Å². The molecule has 184 valence electrons. The predicted molar refractivity (Wildman–Crippen MR) is 102 cm³/mol. The van der Waals surface area contributed by atoms with Crippen molar-refractivity contribution in [3.63, 3.8) is 0 Å². The first kappa shape index (κ1) is 26.5.